The number of carbonyl (C=O) groups is 2. The van der Waals surface area contributed by atoms with E-state index >= 15 is 0 Å². The van der Waals surface area contributed by atoms with Crippen LogP contribution >= 0.6 is 0 Å². The molecule has 1 heterocycles. The lowest BCUT2D eigenvalue weighted by Crippen LogP contribution is -2.35. The van der Waals surface area contributed by atoms with Crippen molar-refractivity contribution in [2.75, 3.05) is 36.4 Å². The van der Waals surface area contributed by atoms with Crippen molar-refractivity contribution in [3.8, 4) is 0 Å². The van der Waals surface area contributed by atoms with Gasteiger partial charge in [-0.3, -0.25) is 9.59 Å². The van der Waals surface area contributed by atoms with E-state index in [0.29, 0.717) is 30.8 Å². The second-order valence-corrected chi connectivity index (χ2v) is 6.56. The first-order valence-corrected chi connectivity index (χ1v) is 9.58. The van der Waals surface area contributed by atoms with Gasteiger partial charge in [-0.05, 0) is 57.7 Å². The quantitative estimate of drug-likeness (QED) is 0.815. The lowest BCUT2D eigenvalue weighted by molar-refractivity contribution is -0.116. The molecule has 0 unspecified atom stereocenters. The summed E-state index contributed by atoms with van der Waals surface area (Å²) in [6.45, 7) is 9.31. The molecule has 0 aromatic heterocycles. The zero-order valence-corrected chi connectivity index (χ0v) is 15.8. The predicted molar refractivity (Wildman–Crippen MR) is 103 cm³/mol. The number of benzene rings is 1. The zero-order chi connectivity index (χ0) is 18.2. The summed E-state index contributed by atoms with van der Waals surface area (Å²) in [6.07, 6.45) is 4.87. The number of nitrogens with zero attached hydrogens (tertiary/aromatic N) is 2. The van der Waals surface area contributed by atoms with Crippen molar-refractivity contribution >= 4 is 23.2 Å². The minimum absolute atomic E-state index is 0.00513. The Hall–Kier alpha value is -2.04. The Morgan fingerprint density at radius 3 is 2.36 bits per heavy atom. The van der Waals surface area contributed by atoms with Crippen LogP contribution < -0.4 is 10.2 Å². The van der Waals surface area contributed by atoms with Crippen molar-refractivity contribution in [2.24, 2.45) is 0 Å². The highest BCUT2D eigenvalue weighted by molar-refractivity contribution is 6.02. The number of carbonyl (C=O) groups excluding carboxylic acids is 2. The van der Waals surface area contributed by atoms with Crippen LogP contribution in [0, 0.1) is 0 Å². The van der Waals surface area contributed by atoms with Crippen LogP contribution in [0.5, 0.6) is 0 Å². The van der Waals surface area contributed by atoms with Gasteiger partial charge in [-0.1, -0.05) is 6.92 Å². The molecule has 5 heteroatoms. The van der Waals surface area contributed by atoms with Crippen LogP contribution in [-0.4, -0.2) is 42.9 Å². The van der Waals surface area contributed by atoms with Gasteiger partial charge >= 0.3 is 0 Å². The van der Waals surface area contributed by atoms with E-state index in [9.17, 15) is 9.59 Å². The number of nitrogens with one attached hydrogen (secondary N) is 1. The van der Waals surface area contributed by atoms with E-state index in [1.165, 1.54) is 6.42 Å². The highest BCUT2D eigenvalue weighted by Gasteiger charge is 2.22. The highest BCUT2D eigenvalue weighted by atomic mass is 16.2. The molecule has 1 N–H and O–H groups in total. The molecule has 1 aromatic carbocycles. The molecule has 1 aliphatic rings. The Labute approximate surface area is 151 Å². The fourth-order valence-electron chi connectivity index (χ4n) is 3.33. The number of hydrogen-bond donors (Lipinski definition) is 1. The summed E-state index contributed by atoms with van der Waals surface area (Å²) >= 11 is 0. The van der Waals surface area contributed by atoms with E-state index in [2.05, 4.69) is 10.2 Å². The van der Waals surface area contributed by atoms with Crippen molar-refractivity contribution in [1.82, 2.24) is 4.90 Å². The minimum atomic E-state index is -0.00513. The van der Waals surface area contributed by atoms with Gasteiger partial charge in [-0.25, -0.2) is 0 Å². The molecule has 1 fully saturated rings. The molecule has 0 radical (unpaired) electrons. The molecule has 0 aliphatic carbocycles. The summed E-state index contributed by atoms with van der Waals surface area (Å²) in [6, 6.07) is 5.75. The SMILES string of the molecule is CCCC(=O)Nc1ccc(N2CCCCC2)c(C(=O)N(CC)CC)c1. The molecule has 0 saturated carbocycles. The first-order valence-electron chi connectivity index (χ1n) is 9.58. The molecular weight excluding hydrogens is 314 g/mol. The lowest BCUT2D eigenvalue weighted by Gasteiger charge is -2.31. The van der Waals surface area contributed by atoms with Gasteiger partial charge in [-0.15, -0.1) is 0 Å². The smallest absolute Gasteiger partial charge is 0.256 e. The van der Waals surface area contributed by atoms with Gasteiger partial charge in [0.25, 0.3) is 5.91 Å². The number of hydrogen-bond acceptors (Lipinski definition) is 3. The summed E-state index contributed by atoms with van der Waals surface area (Å²) in [7, 11) is 0. The Morgan fingerprint density at radius 1 is 1.08 bits per heavy atom. The van der Waals surface area contributed by atoms with E-state index in [4.69, 9.17) is 0 Å². The van der Waals surface area contributed by atoms with E-state index in [1.807, 2.05) is 43.9 Å². The van der Waals surface area contributed by atoms with E-state index in [0.717, 1.165) is 38.0 Å². The van der Waals surface area contributed by atoms with Crippen molar-refractivity contribution in [3.63, 3.8) is 0 Å². The number of rotatable bonds is 7. The van der Waals surface area contributed by atoms with Crippen LogP contribution in [-0.2, 0) is 4.79 Å². The summed E-state index contributed by atoms with van der Waals surface area (Å²) < 4.78 is 0. The predicted octanol–water partition coefficient (Wildman–Crippen LogP) is 3.90. The molecule has 2 amide bonds. The molecule has 0 atom stereocenters. The largest absolute Gasteiger partial charge is 0.371 e. The molecule has 138 valence electrons. The lowest BCUT2D eigenvalue weighted by atomic mass is 10.0. The van der Waals surface area contributed by atoms with Crippen LogP contribution in [0.3, 0.4) is 0 Å². The van der Waals surface area contributed by atoms with Gasteiger partial charge in [0.1, 0.15) is 0 Å². The molecule has 0 bridgehead atoms. The Morgan fingerprint density at radius 2 is 1.76 bits per heavy atom. The van der Waals surface area contributed by atoms with Crippen LogP contribution in [0.2, 0.25) is 0 Å². The Bertz CT molecular complexity index is 591. The van der Waals surface area contributed by atoms with Crippen LogP contribution in [0.25, 0.3) is 0 Å². The third-order valence-electron chi connectivity index (χ3n) is 4.74. The summed E-state index contributed by atoms with van der Waals surface area (Å²) in [4.78, 5) is 29.1. The third kappa shape index (κ3) is 4.97. The minimum Gasteiger partial charge on any atom is -0.371 e. The van der Waals surface area contributed by atoms with Crippen LogP contribution in [0.1, 0.15) is 63.2 Å². The summed E-state index contributed by atoms with van der Waals surface area (Å²) in [5.74, 6) is 0.0339. The normalized spacial score (nSPS) is 14.3. The van der Waals surface area contributed by atoms with Crippen molar-refractivity contribution in [1.29, 1.82) is 0 Å². The Balaban J connectivity index is 2.34. The molecule has 1 aromatic rings. The molecule has 5 nitrogen and oxygen atoms in total. The number of anilines is 2. The van der Waals surface area contributed by atoms with Gasteiger partial charge < -0.3 is 15.1 Å². The van der Waals surface area contributed by atoms with E-state index in [-0.39, 0.29) is 11.8 Å². The fourth-order valence-corrected chi connectivity index (χ4v) is 3.33. The maximum atomic E-state index is 13.0. The van der Waals surface area contributed by atoms with Gasteiger partial charge in [0, 0.05) is 44.0 Å². The molecule has 1 saturated heterocycles. The average molecular weight is 345 g/mol. The van der Waals surface area contributed by atoms with Gasteiger partial charge in [0.2, 0.25) is 5.91 Å². The molecule has 2 rings (SSSR count). The second-order valence-electron chi connectivity index (χ2n) is 6.56. The van der Waals surface area contributed by atoms with Crippen molar-refractivity contribution in [3.05, 3.63) is 23.8 Å². The van der Waals surface area contributed by atoms with Crippen molar-refractivity contribution in [2.45, 2.75) is 52.9 Å². The van der Waals surface area contributed by atoms with E-state index in [1.54, 1.807) is 0 Å². The second kappa shape index (κ2) is 9.44. The molecule has 1 aliphatic heterocycles. The van der Waals surface area contributed by atoms with Gasteiger partial charge in [0.15, 0.2) is 0 Å². The first-order chi connectivity index (χ1) is 12.1. The first kappa shape index (κ1) is 19.3. The monoisotopic (exact) mass is 345 g/mol. The standard InChI is InChI=1S/C20H31N3O2/c1-4-10-19(24)21-16-11-12-18(23-13-8-7-9-14-23)17(15-16)20(25)22(5-2)6-3/h11-12,15H,4-10,13-14H2,1-3H3,(H,21,24). The number of amides is 2. The maximum Gasteiger partial charge on any atom is 0.256 e. The fraction of sp³-hybridized carbons (Fsp3) is 0.600. The molecule has 25 heavy (non-hydrogen) atoms. The van der Waals surface area contributed by atoms with Gasteiger partial charge in [0.05, 0.1) is 5.56 Å². The van der Waals surface area contributed by atoms with E-state index < -0.39 is 0 Å². The Kier molecular flexibility index (Phi) is 7.29. The maximum absolute atomic E-state index is 13.0. The summed E-state index contributed by atoms with van der Waals surface area (Å²) in [5, 5.41) is 2.92. The van der Waals surface area contributed by atoms with Crippen molar-refractivity contribution < 1.29 is 9.59 Å². The summed E-state index contributed by atoms with van der Waals surface area (Å²) in [5.41, 5.74) is 2.39. The average Bonchev–Trinajstić information content (AvgIpc) is 2.63. The third-order valence-corrected chi connectivity index (χ3v) is 4.74. The number of piperidine rings is 1. The zero-order valence-electron chi connectivity index (χ0n) is 15.8. The molecule has 0 spiro atoms. The topological polar surface area (TPSA) is 52.7 Å². The van der Waals surface area contributed by atoms with Crippen LogP contribution in [0.4, 0.5) is 11.4 Å². The van der Waals surface area contributed by atoms with Crippen LogP contribution in [0.15, 0.2) is 18.2 Å². The van der Waals surface area contributed by atoms with Gasteiger partial charge in [-0.2, -0.15) is 0 Å². The molecular formula is C20H31N3O2. The highest BCUT2D eigenvalue weighted by Crippen LogP contribution is 2.28.